The van der Waals surface area contributed by atoms with Gasteiger partial charge in [-0.3, -0.25) is 15.5 Å². The molecule has 9 nitrogen and oxygen atoms in total. The maximum atomic E-state index is 12.7. The Labute approximate surface area is 173 Å². The van der Waals surface area contributed by atoms with Crippen LogP contribution in [0.25, 0.3) is 0 Å². The number of hydrogen-bond donors (Lipinski definition) is 1. The van der Waals surface area contributed by atoms with Gasteiger partial charge < -0.3 is 4.74 Å². The van der Waals surface area contributed by atoms with Crippen LogP contribution in [-0.2, 0) is 14.8 Å². The topological polar surface area (TPSA) is 114 Å². The number of nitro benzene ring substituents is 1. The molecule has 2 aromatic carbocycles. The maximum Gasteiger partial charge on any atom is 0.295 e. The molecule has 0 radical (unpaired) electrons. The van der Waals surface area contributed by atoms with Crippen molar-refractivity contribution >= 4 is 38.7 Å². The summed E-state index contributed by atoms with van der Waals surface area (Å²) in [5, 5.41) is 16.2. The van der Waals surface area contributed by atoms with Gasteiger partial charge in [-0.05, 0) is 36.8 Å². The van der Waals surface area contributed by atoms with E-state index in [4.69, 9.17) is 16.3 Å². The van der Waals surface area contributed by atoms with Crippen LogP contribution in [0.3, 0.4) is 0 Å². The van der Waals surface area contributed by atoms with Crippen molar-refractivity contribution in [1.82, 2.24) is 4.31 Å². The number of nitrogens with one attached hydrogen (secondary N) is 1. The van der Waals surface area contributed by atoms with E-state index in [0.29, 0.717) is 23.9 Å². The number of halogens is 1. The molecule has 0 unspecified atom stereocenters. The molecule has 154 valence electrons. The van der Waals surface area contributed by atoms with Crippen molar-refractivity contribution in [2.24, 2.45) is 5.10 Å². The average Bonchev–Trinajstić information content (AvgIpc) is 2.72. The summed E-state index contributed by atoms with van der Waals surface area (Å²) in [6, 6.07) is 10.7. The summed E-state index contributed by atoms with van der Waals surface area (Å²) in [7, 11) is -3.84. The number of morpholine rings is 1. The molecule has 0 spiro atoms. The van der Waals surface area contributed by atoms with Crippen molar-refractivity contribution < 1.29 is 18.1 Å². The predicted octanol–water partition coefficient (Wildman–Crippen LogP) is 3.11. The quantitative estimate of drug-likeness (QED) is 0.421. The zero-order valence-electron chi connectivity index (χ0n) is 15.5. The van der Waals surface area contributed by atoms with Gasteiger partial charge in [0.15, 0.2) is 0 Å². The molecule has 0 amide bonds. The van der Waals surface area contributed by atoms with Gasteiger partial charge in [0.1, 0.15) is 5.69 Å². The lowest BCUT2D eigenvalue weighted by Gasteiger charge is -2.26. The Hall–Kier alpha value is -2.53. The summed E-state index contributed by atoms with van der Waals surface area (Å²) in [4.78, 5) is 10.7. The summed E-state index contributed by atoms with van der Waals surface area (Å²) in [6.07, 6.45) is 0. The fourth-order valence-electron chi connectivity index (χ4n) is 2.78. The number of sulfonamides is 1. The van der Waals surface area contributed by atoms with Gasteiger partial charge in [-0.15, -0.1) is 0 Å². The largest absolute Gasteiger partial charge is 0.379 e. The minimum Gasteiger partial charge on any atom is -0.379 e. The highest BCUT2D eigenvalue weighted by atomic mass is 35.5. The molecule has 0 bridgehead atoms. The van der Waals surface area contributed by atoms with Crippen LogP contribution in [0.2, 0.25) is 5.02 Å². The monoisotopic (exact) mass is 438 g/mol. The van der Waals surface area contributed by atoms with Crippen molar-refractivity contribution in [2.75, 3.05) is 31.7 Å². The lowest BCUT2D eigenvalue weighted by Crippen LogP contribution is -2.40. The fraction of sp³-hybridized carbons (Fsp3) is 0.278. The van der Waals surface area contributed by atoms with E-state index in [1.165, 1.54) is 16.4 Å². The molecule has 2 aromatic rings. The molecule has 0 atom stereocenters. The fourth-order valence-corrected chi connectivity index (χ4v) is 4.39. The Bertz CT molecular complexity index is 1050. The van der Waals surface area contributed by atoms with Crippen LogP contribution in [0.4, 0.5) is 11.4 Å². The Kier molecular flexibility index (Phi) is 6.48. The van der Waals surface area contributed by atoms with E-state index in [2.05, 4.69) is 10.5 Å². The lowest BCUT2D eigenvalue weighted by atomic mass is 10.1. The Morgan fingerprint density at radius 2 is 1.97 bits per heavy atom. The van der Waals surface area contributed by atoms with Crippen LogP contribution < -0.4 is 5.43 Å². The summed E-state index contributed by atoms with van der Waals surface area (Å²) in [6.45, 7) is 2.72. The third-order valence-corrected chi connectivity index (χ3v) is 6.49. The van der Waals surface area contributed by atoms with Gasteiger partial charge in [0.2, 0.25) is 10.0 Å². The number of benzene rings is 2. The van der Waals surface area contributed by atoms with E-state index >= 15 is 0 Å². The van der Waals surface area contributed by atoms with Crippen LogP contribution in [-0.4, -0.2) is 49.7 Å². The number of hydrogen-bond acceptors (Lipinski definition) is 7. The molecule has 1 N–H and O–H groups in total. The first-order chi connectivity index (χ1) is 13.8. The van der Waals surface area contributed by atoms with E-state index in [1.54, 1.807) is 31.2 Å². The second-order valence-corrected chi connectivity index (χ2v) is 8.65. The van der Waals surface area contributed by atoms with Crippen LogP contribution >= 0.6 is 11.6 Å². The molecule has 1 saturated heterocycles. The van der Waals surface area contributed by atoms with Gasteiger partial charge in [0.25, 0.3) is 5.69 Å². The Morgan fingerprint density at radius 1 is 1.24 bits per heavy atom. The number of rotatable bonds is 6. The number of ether oxygens (including phenoxy) is 1. The molecule has 1 aliphatic heterocycles. The molecule has 0 aliphatic carbocycles. The van der Waals surface area contributed by atoms with Crippen LogP contribution in [0.1, 0.15) is 12.5 Å². The third kappa shape index (κ3) is 4.91. The molecule has 1 fully saturated rings. The van der Waals surface area contributed by atoms with Crippen LogP contribution in [0.5, 0.6) is 0 Å². The van der Waals surface area contributed by atoms with Crippen LogP contribution in [0, 0.1) is 10.1 Å². The highest BCUT2D eigenvalue weighted by Gasteiger charge is 2.28. The van der Waals surface area contributed by atoms with Crippen molar-refractivity contribution in [2.45, 2.75) is 11.8 Å². The van der Waals surface area contributed by atoms with E-state index in [0.717, 1.165) is 11.6 Å². The van der Waals surface area contributed by atoms with E-state index < -0.39 is 14.9 Å². The van der Waals surface area contributed by atoms with Gasteiger partial charge in [0.05, 0.1) is 28.7 Å². The molecule has 3 rings (SSSR count). The van der Waals surface area contributed by atoms with E-state index in [-0.39, 0.29) is 29.4 Å². The number of hydrazone groups is 1. The minimum atomic E-state index is -3.84. The first kappa shape index (κ1) is 21.2. The molecular formula is C18H19ClN4O5S. The molecule has 1 aliphatic rings. The molecule has 11 heteroatoms. The maximum absolute atomic E-state index is 12.7. The first-order valence-electron chi connectivity index (χ1n) is 8.71. The van der Waals surface area contributed by atoms with Gasteiger partial charge in [0, 0.05) is 24.2 Å². The second-order valence-electron chi connectivity index (χ2n) is 6.27. The predicted molar refractivity (Wildman–Crippen MR) is 110 cm³/mol. The number of nitrogens with zero attached hydrogens (tertiary/aromatic N) is 3. The van der Waals surface area contributed by atoms with Gasteiger partial charge >= 0.3 is 0 Å². The third-order valence-electron chi connectivity index (χ3n) is 4.36. The molecule has 0 aromatic heterocycles. The SMILES string of the molecule is C/C(=N\Nc1ccc(S(=O)(=O)N2CCOCC2)cc1[N+](=O)[O-])c1cccc(Cl)c1. The average molecular weight is 439 g/mol. The highest BCUT2D eigenvalue weighted by molar-refractivity contribution is 7.89. The normalized spacial score (nSPS) is 15.9. The minimum absolute atomic E-state index is 0.0808. The van der Waals surface area contributed by atoms with Gasteiger partial charge in [-0.25, -0.2) is 8.42 Å². The summed E-state index contributed by atoms with van der Waals surface area (Å²) < 4.78 is 31.9. The van der Waals surface area contributed by atoms with Crippen LogP contribution in [0.15, 0.2) is 52.5 Å². The summed E-state index contributed by atoms with van der Waals surface area (Å²) >= 11 is 5.96. The number of anilines is 1. The Morgan fingerprint density at radius 3 is 2.62 bits per heavy atom. The van der Waals surface area contributed by atoms with Crippen molar-refractivity contribution in [3.05, 3.63) is 63.2 Å². The first-order valence-corrected chi connectivity index (χ1v) is 10.5. The molecule has 1 heterocycles. The van der Waals surface area contributed by atoms with E-state index in [1.807, 2.05) is 0 Å². The van der Waals surface area contributed by atoms with Crippen molar-refractivity contribution in [3.63, 3.8) is 0 Å². The van der Waals surface area contributed by atoms with E-state index in [9.17, 15) is 18.5 Å². The van der Waals surface area contributed by atoms with Crippen molar-refractivity contribution in [1.29, 1.82) is 0 Å². The van der Waals surface area contributed by atoms with Crippen molar-refractivity contribution in [3.8, 4) is 0 Å². The highest BCUT2D eigenvalue weighted by Crippen LogP contribution is 2.29. The summed E-state index contributed by atoms with van der Waals surface area (Å²) in [5.41, 5.74) is 3.65. The molecular weight excluding hydrogens is 420 g/mol. The number of nitro groups is 1. The lowest BCUT2D eigenvalue weighted by molar-refractivity contribution is -0.384. The molecule has 0 saturated carbocycles. The zero-order chi connectivity index (χ0) is 21.0. The standard InChI is InChI=1S/C18H19ClN4O5S/c1-13(14-3-2-4-15(19)11-14)20-21-17-6-5-16(12-18(17)23(24)25)29(26,27)22-7-9-28-10-8-22/h2-6,11-12,21H,7-10H2,1H3/b20-13+. The zero-order valence-corrected chi connectivity index (χ0v) is 17.1. The van der Waals surface area contributed by atoms with Gasteiger partial charge in [-0.2, -0.15) is 9.41 Å². The smallest absolute Gasteiger partial charge is 0.295 e. The Balaban J connectivity index is 1.88. The van der Waals surface area contributed by atoms with Gasteiger partial charge in [-0.1, -0.05) is 23.7 Å². The second kappa shape index (κ2) is 8.87. The molecule has 29 heavy (non-hydrogen) atoms. The summed E-state index contributed by atoms with van der Waals surface area (Å²) in [5.74, 6) is 0.